The Hall–Kier alpha value is -1.51. The molecule has 2 N–H and O–H groups in total. The first kappa shape index (κ1) is 21.5. The van der Waals surface area contributed by atoms with E-state index in [1.165, 1.54) is 11.8 Å². The summed E-state index contributed by atoms with van der Waals surface area (Å²) in [6.45, 7) is 4.43. The Kier molecular flexibility index (Phi) is 6.72. The molecule has 6 nitrogen and oxygen atoms in total. The van der Waals surface area contributed by atoms with Gasteiger partial charge in [-0.2, -0.15) is 0 Å². The van der Waals surface area contributed by atoms with Crippen molar-refractivity contribution < 1.29 is 22.4 Å². The van der Waals surface area contributed by atoms with Gasteiger partial charge in [0, 0.05) is 13.1 Å². The minimum Gasteiger partial charge on any atom is -0.341 e. The Morgan fingerprint density at radius 2 is 2.00 bits per heavy atom. The van der Waals surface area contributed by atoms with E-state index in [0.717, 1.165) is 24.6 Å². The van der Waals surface area contributed by atoms with Crippen LogP contribution in [-0.4, -0.2) is 50.4 Å². The fourth-order valence-corrected chi connectivity index (χ4v) is 3.95. The van der Waals surface area contributed by atoms with Crippen LogP contribution in [0.4, 0.5) is 4.39 Å². The second kappa shape index (κ2) is 7.80. The van der Waals surface area contributed by atoms with Gasteiger partial charge in [-0.1, -0.05) is 6.92 Å². The molecule has 1 aromatic carbocycles. The number of hydrogen-bond donors (Lipinski definition) is 1. The van der Waals surface area contributed by atoms with Crippen LogP contribution in [0, 0.1) is 11.2 Å². The summed E-state index contributed by atoms with van der Waals surface area (Å²) < 4.78 is 38.5. The predicted molar refractivity (Wildman–Crippen MR) is 94.1 cm³/mol. The van der Waals surface area contributed by atoms with Gasteiger partial charge in [-0.15, -0.1) is 12.4 Å². The lowest BCUT2D eigenvalue weighted by molar-refractivity contribution is -0.127. The number of Topliss-reactive ketones (excluding diaryl/α,β-unsaturated/α-hetero) is 1. The molecule has 0 aromatic heterocycles. The second-order valence-corrected chi connectivity index (χ2v) is 8.53. The van der Waals surface area contributed by atoms with E-state index in [1.807, 2.05) is 6.92 Å². The van der Waals surface area contributed by atoms with Crippen molar-refractivity contribution in [1.29, 1.82) is 0 Å². The third-order valence-corrected chi connectivity index (χ3v) is 5.99. The summed E-state index contributed by atoms with van der Waals surface area (Å²) in [6, 6.07) is 3.06. The first-order valence-electron chi connectivity index (χ1n) is 7.59. The molecule has 1 aliphatic rings. The van der Waals surface area contributed by atoms with Gasteiger partial charge >= 0.3 is 0 Å². The van der Waals surface area contributed by atoms with Crippen LogP contribution in [0.3, 0.4) is 0 Å². The quantitative estimate of drug-likeness (QED) is 0.764. The lowest BCUT2D eigenvalue weighted by atomic mass is 9.90. The fourth-order valence-electron chi connectivity index (χ4n) is 2.72. The molecule has 1 aliphatic heterocycles. The maximum Gasteiger partial charge on any atom is 0.238 e. The highest BCUT2D eigenvalue weighted by Crippen LogP contribution is 2.29. The number of nitrogens with two attached hydrogens (primary N) is 1. The number of carbonyl (C=O) groups is 2. The van der Waals surface area contributed by atoms with Crippen LogP contribution in [0.25, 0.3) is 0 Å². The van der Waals surface area contributed by atoms with Gasteiger partial charge in [-0.25, -0.2) is 12.8 Å². The van der Waals surface area contributed by atoms with E-state index in [9.17, 15) is 22.4 Å². The minimum atomic E-state index is -3.98. The highest BCUT2D eigenvalue weighted by molar-refractivity contribution is 7.92. The second-order valence-electron chi connectivity index (χ2n) is 6.54. The standard InChI is InChI=1S/C16H21FN2O4S.ClH/c1-11(20)13-4-3-12(7-14(13)17)24(22,23)8-15(21)19-6-5-16(2,9-18)10-19;/h3-4,7H,5-6,8-10,18H2,1-2H3;1H. The summed E-state index contributed by atoms with van der Waals surface area (Å²) in [5.41, 5.74) is 5.30. The summed E-state index contributed by atoms with van der Waals surface area (Å²) in [5.74, 6) is -2.66. The van der Waals surface area contributed by atoms with Crippen molar-refractivity contribution in [3.8, 4) is 0 Å². The first-order valence-corrected chi connectivity index (χ1v) is 9.24. The number of halogens is 2. The number of amides is 1. The van der Waals surface area contributed by atoms with Gasteiger partial charge in [0.25, 0.3) is 0 Å². The molecular formula is C16H22ClFN2O4S. The molecule has 1 fully saturated rings. The van der Waals surface area contributed by atoms with Crippen LogP contribution in [0.5, 0.6) is 0 Å². The normalized spacial score (nSPS) is 20.2. The van der Waals surface area contributed by atoms with E-state index < -0.39 is 33.1 Å². The monoisotopic (exact) mass is 392 g/mol. The van der Waals surface area contributed by atoms with Crippen molar-refractivity contribution in [2.45, 2.75) is 25.2 Å². The molecule has 0 aliphatic carbocycles. The lowest BCUT2D eigenvalue weighted by Gasteiger charge is -2.22. The molecule has 0 spiro atoms. The number of likely N-dealkylation sites (tertiary alicyclic amines) is 1. The number of carbonyl (C=O) groups excluding carboxylic acids is 2. The molecule has 1 amide bonds. The van der Waals surface area contributed by atoms with Crippen LogP contribution in [0.1, 0.15) is 30.6 Å². The smallest absolute Gasteiger partial charge is 0.238 e. The fraction of sp³-hybridized carbons (Fsp3) is 0.500. The summed E-state index contributed by atoms with van der Waals surface area (Å²) >= 11 is 0. The SMILES string of the molecule is CC(=O)c1ccc(S(=O)(=O)CC(=O)N2CCC(C)(CN)C2)cc1F.Cl. The number of nitrogens with zero attached hydrogens (tertiary/aromatic N) is 1. The molecule has 1 heterocycles. The molecule has 1 aromatic rings. The minimum absolute atomic E-state index is 0. The Morgan fingerprint density at radius 1 is 1.36 bits per heavy atom. The van der Waals surface area contributed by atoms with E-state index >= 15 is 0 Å². The molecule has 25 heavy (non-hydrogen) atoms. The van der Waals surface area contributed by atoms with Crippen LogP contribution in [0.2, 0.25) is 0 Å². The van der Waals surface area contributed by atoms with Crippen LogP contribution < -0.4 is 5.73 Å². The van der Waals surface area contributed by atoms with E-state index in [2.05, 4.69) is 0 Å². The largest absolute Gasteiger partial charge is 0.341 e. The van der Waals surface area contributed by atoms with E-state index in [1.54, 1.807) is 0 Å². The third kappa shape index (κ3) is 4.77. The zero-order valence-corrected chi connectivity index (χ0v) is 15.8. The molecule has 140 valence electrons. The topological polar surface area (TPSA) is 97.5 Å². The number of rotatable bonds is 5. The zero-order valence-electron chi connectivity index (χ0n) is 14.1. The number of hydrogen-bond acceptors (Lipinski definition) is 5. The predicted octanol–water partition coefficient (Wildman–Crippen LogP) is 1.42. The zero-order chi connectivity index (χ0) is 18.1. The Balaban J connectivity index is 0.00000312. The summed E-state index contributed by atoms with van der Waals surface area (Å²) in [4.78, 5) is 24.6. The summed E-state index contributed by atoms with van der Waals surface area (Å²) in [6.07, 6.45) is 0.719. The summed E-state index contributed by atoms with van der Waals surface area (Å²) in [7, 11) is -3.98. The highest BCUT2D eigenvalue weighted by Gasteiger charge is 2.36. The maximum atomic E-state index is 13.8. The van der Waals surface area contributed by atoms with Gasteiger partial charge in [0.05, 0.1) is 10.5 Å². The molecule has 1 atom stereocenters. The molecule has 0 radical (unpaired) electrons. The van der Waals surface area contributed by atoms with Crippen molar-refractivity contribution in [1.82, 2.24) is 4.90 Å². The number of ketones is 1. The molecule has 1 saturated heterocycles. The summed E-state index contributed by atoms with van der Waals surface area (Å²) in [5, 5.41) is 0. The van der Waals surface area contributed by atoms with Crippen molar-refractivity contribution in [2.24, 2.45) is 11.1 Å². The first-order chi connectivity index (χ1) is 11.1. The molecule has 2 rings (SSSR count). The Labute approximate surface area is 152 Å². The van der Waals surface area contributed by atoms with Crippen molar-refractivity contribution in [3.05, 3.63) is 29.6 Å². The van der Waals surface area contributed by atoms with Gasteiger partial charge in [0.2, 0.25) is 5.91 Å². The Bertz CT molecular complexity index is 784. The average Bonchev–Trinajstić information content (AvgIpc) is 2.90. The molecule has 9 heteroatoms. The van der Waals surface area contributed by atoms with E-state index in [4.69, 9.17) is 5.73 Å². The van der Waals surface area contributed by atoms with Gasteiger partial charge in [0.15, 0.2) is 15.6 Å². The highest BCUT2D eigenvalue weighted by atomic mass is 35.5. The molecule has 0 saturated carbocycles. The van der Waals surface area contributed by atoms with Gasteiger partial charge in [-0.05, 0) is 43.5 Å². The molecular weight excluding hydrogens is 371 g/mol. The number of benzene rings is 1. The third-order valence-electron chi connectivity index (χ3n) is 4.40. The van der Waals surface area contributed by atoms with Crippen LogP contribution in [0.15, 0.2) is 23.1 Å². The van der Waals surface area contributed by atoms with Gasteiger partial charge in [-0.3, -0.25) is 9.59 Å². The van der Waals surface area contributed by atoms with E-state index in [0.29, 0.717) is 19.6 Å². The van der Waals surface area contributed by atoms with Crippen molar-refractivity contribution in [2.75, 3.05) is 25.4 Å². The van der Waals surface area contributed by atoms with Crippen molar-refractivity contribution >= 4 is 33.9 Å². The molecule has 1 unspecified atom stereocenters. The maximum absolute atomic E-state index is 13.8. The van der Waals surface area contributed by atoms with E-state index in [-0.39, 0.29) is 28.3 Å². The van der Waals surface area contributed by atoms with Gasteiger partial charge in [0.1, 0.15) is 11.6 Å². The molecule has 0 bridgehead atoms. The average molecular weight is 393 g/mol. The van der Waals surface area contributed by atoms with Crippen LogP contribution >= 0.6 is 12.4 Å². The number of sulfone groups is 1. The van der Waals surface area contributed by atoms with Crippen molar-refractivity contribution in [3.63, 3.8) is 0 Å². The van der Waals surface area contributed by atoms with Gasteiger partial charge < -0.3 is 10.6 Å². The van der Waals surface area contributed by atoms with Crippen LogP contribution in [-0.2, 0) is 14.6 Å². The lowest BCUT2D eigenvalue weighted by Crippen LogP contribution is -2.37. The Morgan fingerprint density at radius 3 is 2.48 bits per heavy atom.